The van der Waals surface area contributed by atoms with Crippen molar-refractivity contribution in [2.24, 2.45) is 20.2 Å². The fourth-order valence-electron chi connectivity index (χ4n) is 3.74. The summed E-state index contributed by atoms with van der Waals surface area (Å²) in [4.78, 5) is 8.63. The average molecular weight is 398 g/mol. The number of nitrogens with one attached hydrogen (secondary N) is 4. The number of aliphatic imine (C=N–C) groups is 2. The minimum Gasteiger partial charge on any atom is -0.353 e. The van der Waals surface area contributed by atoms with E-state index >= 15 is 0 Å². The predicted octanol–water partition coefficient (Wildman–Crippen LogP) is 1.76. The first kappa shape index (κ1) is 18.1. The summed E-state index contributed by atoms with van der Waals surface area (Å²) >= 11 is 0. The van der Waals surface area contributed by atoms with E-state index in [0.29, 0.717) is 11.9 Å². The Balaban J connectivity index is 1.58. The Morgan fingerprint density at radius 2 is 1.07 bits per heavy atom. The van der Waals surface area contributed by atoms with Crippen molar-refractivity contribution in [2.75, 3.05) is 26.2 Å². The summed E-state index contributed by atoms with van der Waals surface area (Å²) in [7, 11) is 0. The Morgan fingerprint density at radius 1 is 0.667 bits per heavy atom. The van der Waals surface area contributed by atoms with Crippen molar-refractivity contribution < 1.29 is 0 Å². The Kier molecular flexibility index (Phi) is 4.95. The number of hydrogen-bond acceptors (Lipinski definition) is 8. The predicted molar refractivity (Wildman–Crippen MR) is 124 cm³/mol. The third-order valence-electron chi connectivity index (χ3n) is 5.09. The molecule has 30 heavy (non-hydrogen) atoms. The lowest BCUT2D eigenvalue weighted by atomic mass is 9.92. The van der Waals surface area contributed by atoms with Gasteiger partial charge in [0, 0.05) is 24.2 Å². The summed E-state index contributed by atoms with van der Waals surface area (Å²) in [6.07, 6.45) is 3.73. The second-order valence-corrected chi connectivity index (χ2v) is 6.97. The van der Waals surface area contributed by atoms with Crippen LogP contribution in [0.2, 0.25) is 0 Å². The van der Waals surface area contributed by atoms with Crippen LogP contribution in [0.5, 0.6) is 0 Å². The van der Waals surface area contributed by atoms with Crippen LogP contribution in [0.3, 0.4) is 0 Å². The molecule has 2 heterocycles. The van der Waals surface area contributed by atoms with Crippen LogP contribution in [0.25, 0.3) is 21.5 Å². The SMILES string of the molecule is C(=N/NC1=NCCN1)/c1c2ccccc2c(/C=N/NC2=NCCN2)c2ccccc12. The normalized spacial score (nSPS) is 16.1. The van der Waals surface area contributed by atoms with E-state index in [1.165, 1.54) is 0 Å². The van der Waals surface area contributed by atoms with Crippen molar-refractivity contribution in [3.63, 3.8) is 0 Å². The second-order valence-electron chi connectivity index (χ2n) is 6.97. The maximum Gasteiger partial charge on any atom is 0.212 e. The highest BCUT2D eigenvalue weighted by molar-refractivity contribution is 6.21. The first-order valence-electron chi connectivity index (χ1n) is 9.98. The maximum atomic E-state index is 4.43. The molecule has 150 valence electrons. The fraction of sp³-hybridized carbons (Fsp3) is 0.182. The van der Waals surface area contributed by atoms with Crippen LogP contribution in [0.15, 0.2) is 68.7 Å². The molecule has 0 spiro atoms. The third kappa shape index (κ3) is 3.55. The zero-order valence-electron chi connectivity index (χ0n) is 16.4. The van der Waals surface area contributed by atoms with Gasteiger partial charge in [-0.25, -0.2) is 20.8 Å². The van der Waals surface area contributed by atoms with Gasteiger partial charge in [0.05, 0.1) is 25.5 Å². The van der Waals surface area contributed by atoms with Gasteiger partial charge < -0.3 is 10.6 Å². The number of guanidine groups is 2. The van der Waals surface area contributed by atoms with E-state index in [-0.39, 0.29) is 0 Å². The molecule has 0 radical (unpaired) electrons. The third-order valence-corrected chi connectivity index (χ3v) is 5.09. The van der Waals surface area contributed by atoms with Gasteiger partial charge in [0.15, 0.2) is 0 Å². The molecule has 2 aliphatic rings. The summed E-state index contributed by atoms with van der Waals surface area (Å²) in [6.45, 7) is 3.23. The lowest BCUT2D eigenvalue weighted by Crippen LogP contribution is -2.30. The van der Waals surface area contributed by atoms with Crippen molar-refractivity contribution in [3.05, 3.63) is 59.7 Å². The van der Waals surface area contributed by atoms with Crippen LogP contribution in [-0.4, -0.2) is 50.5 Å². The monoisotopic (exact) mass is 398 g/mol. The van der Waals surface area contributed by atoms with Crippen molar-refractivity contribution in [3.8, 4) is 0 Å². The van der Waals surface area contributed by atoms with Crippen LogP contribution in [-0.2, 0) is 0 Å². The summed E-state index contributed by atoms with van der Waals surface area (Å²) in [5.74, 6) is 1.41. The van der Waals surface area contributed by atoms with Gasteiger partial charge in [0.1, 0.15) is 0 Å². The molecule has 0 saturated carbocycles. The van der Waals surface area contributed by atoms with Crippen LogP contribution in [0.1, 0.15) is 11.1 Å². The van der Waals surface area contributed by atoms with Crippen LogP contribution in [0.4, 0.5) is 0 Å². The Labute approximate surface area is 173 Å². The van der Waals surface area contributed by atoms with Crippen molar-refractivity contribution in [1.82, 2.24) is 21.5 Å². The molecule has 3 aromatic carbocycles. The summed E-state index contributed by atoms with van der Waals surface area (Å²) in [5.41, 5.74) is 8.09. The van der Waals surface area contributed by atoms with Gasteiger partial charge in [0.2, 0.25) is 11.9 Å². The first-order chi connectivity index (χ1) is 14.9. The molecular weight excluding hydrogens is 376 g/mol. The molecule has 0 aliphatic carbocycles. The lowest BCUT2D eigenvalue weighted by molar-refractivity contribution is 0.920. The molecule has 8 heteroatoms. The molecule has 0 atom stereocenters. The molecule has 0 unspecified atom stereocenters. The van der Waals surface area contributed by atoms with Crippen molar-refractivity contribution in [2.45, 2.75) is 0 Å². The molecule has 8 nitrogen and oxygen atoms in total. The highest BCUT2D eigenvalue weighted by Gasteiger charge is 2.12. The van der Waals surface area contributed by atoms with E-state index in [1.807, 2.05) is 36.7 Å². The molecule has 0 aromatic heterocycles. The van der Waals surface area contributed by atoms with E-state index < -0.39 is 0 Å². The molecule has 3 aromatic rings. The smallest absolute Gasteiger partial charge is 0.212 e. The van der Waals surface area contributed by atoms with Gasteiger partial charge in [-0.15, -0.1) is 0 Å². The lowest BCUT2D eigenvalue weighted by Gasteiger charge is -2.12. The zero-order valence-corrected chi connectivity index (χ0v) is 16.4. The van der Waals surface area contributed by atoms with Gasteiger partial charge >= 0.3 is 0 Å². The van der Waals surface area contributed by atoms with Crippen molar-refractivity contribution in [1.29, 1.82) is 0 Å². The van der Waals surface area contributed by atoms with Gasteiger partial charge in [-0.1, -0.05) is 48.5 Å². The molecular formula is C22H22N8. The molecule has 0 fully saturated rings. The highest BCUT2D eigenvalue weighted by Crippen LogP contribution is 2.31. The second kappa shape index (κ2) is 8.20. The van der Waals surface area contributed by atoms with Gasteiger partial charge in [-0.2, -0.15) is 10.2 Å². The quantitative estimate of drug-likeness (QED) is 0.306. The topological polar surface area (TPSA) is 97.6 Å². The van der Waals surface area contributed by atoms with Crippen LogP contribution in [0, 0.1) is 0 Å². The first-order valence-corrected chi connectivity index (χ1v) is 9.98. The number of hydrazone groups is 2. The molecule has 0 amide bonds. The summed E-state index contributed by atoms with van der Waals surface area (Å²) < 4.78 is 0. The van der Waals surface area contributed by atoms with Crippen LogP contribution < -0.4 is 21.5 Å². The Morgan fingerprint density at radius 3 is 1.40 bits per heavy atom. The number of benzene rings is 3. The number of rotatable bonds is 4. The zero-order chi connectivity index (χ0) is 20.2. The Hall–Kier alpha value is -3.94. The number of fused-ring (bicyclic) bond motifs is 2. The van der Waals surface area contributed by atoms with E-state index in [1.54, 1.807) is 0 Å². The number of nitrogens with zero attached hydrogens (tertiary/aromatic N) is 4. The molecule has 0 saturated heterocycles. The minimum atomic E-state index is 0.707. The van der Waals surface area contributed by atoms with Gasteiger partial charge in [0.25, 0.3) is 0 Å². The van der Waals surface area contributed by atoms with Crippen LogP contribution >= 0.6 is 0 Å². The molecule has 2 aliphatic heterocycles. The minimum absolute atomic E-state index is 0.707. The van der Waals surface area contributed by atoms with Gasteiger partial charge in [-0.05, 0) is 21.5 Å². The summed E-state index contributed by atoms with van der Waals surface area (Å²) in [5, 5.41) is 19.6. The maximum absolute atomic E-state index is 4.43. The molecule has 5 rings (SSSR count). The van der Waals surface area contributed by atoms with E-state index in [0.717, 1.165) is 58.9 Å². The molecule has 4 N–H and O–H groups in total. The molecule has 0 bridgehead atoms. The van der Waals surface area contributed by atoms with Gasteiger partial charge in [-0.3, -0.25) is 0 Å². The Bertz CT molecular complexity index is 1060. The van der Waals surface area contributed by atoms with E-state index in [9.17, 15) is 0 Å². The van der Waals surface area contributed by atoms with E-state index in [4.69, 9.17) is 0 Å². The van der Waals surface area contributed by atoms with E-state index in [2.05, 4.69) is 65.9 Å². The average Bonchev–Trinajstić information content (AvgIpc) is 3.49. The standard InChI is InChI=1S/C22H22N8/c1-2-6-16-15(5-1)19(13-27-29-21-23-9-10-24-21)17-7-3-4-8-18(17)20(16)14-28-30-22-25-11-12-26-22/h1-8,13-14H,9-12H2,(H2,23,24,29)(H2,25,26,30)/b27-13-,28-14+. The number of hydrogen-bond donors (Lipinski definition) is 4. The van der Waals surface area contributed by atoms with Crippen molar-refractivity contribution >= 4 is 45.9 Å². The highest BCUT2D eigenvalue weighted by atomic mass is 15.4. The largest absolute Gasteiger partial charge is 0.353 e. The summed E-state index contributed by atoms with van der Waals surface area (Å²) in [6, 6.07) is 16.6. The fourth-order valence-corrected chi connectivity index (χ4v) is 3.74.